The topological polar surface area (TPSA) is 24.1 Å². The lowest BCUT2D eigenvalue weighted by molar-refractivity contribution is 0.598. The number of hydrogen-bond donors (Lipinski definition) is 2. The molecule has 2 N–H and O–H groups in total. The average molecular weight is 396 g/mol. The molecule has 1 heterocycles. The molecule has 1 aliphatic rings. The number of benzene rings is 2. The Kier molecular flexibility index (Phi) is 4.03. The monoisotopic (exact) mass is 394 g/mol. The quantitative estimate of drug-likeness (QED) is 0.694. The Morgan fingerprint density at radius 1 is 1.10 bits per heavy atom. The van der Waals surface area contributed by atoms with Gasteiger partial charge < -0.3 is 10.6 Å². The van der Waals surface area contributed by atoms with Crippen molar-refractivity contribution in [2.45, 2.75) is 25.4 Å². The van der Waals surface area contributed by atoms with E-state index < -0.39 is 0 Å². The van der Waals surface area contributed by atoms with Gasteiger partial charge in [-0.15, -0.1) is 0 Å². The van der Waals surface area contributed by atoms with Crippen LogP contribution in [0.4, 0.5) is 11.4 Å². The van der Waals surface area contributed by atoms with E-state index in [9.17, 15) is 0 Å². The minimum Gasteiger partial charge on any atom is -0.365 e. The fraction of sp³-hybridized carbons (Fsp3) is 0.250. The summed E-state index contributed by atoms with van der Waals surface area (Å²) in [5, 5.41) is 7.14. The van der Waals surface area contributed by atoms with Gasteiger partial charge in [0, 0.05) is 20.3 Å². The number of fused-ring (bicyclic) bond motifs is 1. The first-order chi connectivity index (χ1) is 9.61. The first-order valence-electron chi connectivity index (χ1n) is 6.70. The predicted octanol–water partition coefficient (Wildman–Crippen LogP) is 5.57. The van der Waals surface area contributed by atoms with Crippen molar-refractivity contribution in [1.82, 2.24) is 0 Å². The summed E-state index contributed by atoms with van der Waals surface area (Å²) in [6.07, 6.45) is 1.32. The molecule has 0 saturated heterocycles. The number of rotatable bonds is 2. The molecule has 0 aromatic heterocycles. The fourth-order valence-corrected chi connectivity index (χ4v) is 3.45. The van der Waals surface area contributed by atoms with Gasteiger partial charge in [-0.1, -0.05) is 50.9 Å². The van der Waals surface area contributed by atoms with Gasteiger partial charge >= 0.3 is 0 Å². The van der Waals surface area contributed by atoms with E-state index in [1.807, 2.05) is 12.1 Å². The third-order valence-electron chi connectivity index (χ3n) is 3.63. The molecule has 1 unspecified atom stereocenters. The summed E-state index contributed by atoms with van der Waals surface area (Å²) in [6.45, 7) is 2.28. The van der Waals surface area contributed by atoms with E-state index in [0.717, 1.165) is 21.1 Å². The van der Waals surface area contributed by atoms with Crippen LogP contribution in [0, 0.1) is 0 Å². The molecule has 104 valence electrons. The molecule has 2 nitrogen and oxygen atoms in total. The lowest BCUT2D eigenvalue weighted by Crippen LogP contribution is -2.34. The Labute approximate surface area is 136 Å². The summed E-state index contributed by atoms with van der Waals surface area (Å²) in [5.74, 6) is 0.545. The highest BCUT2D eigenvalue weighted by Gasteiger charge is 2.23. The molecule has 2 aromatic rings. The van der Waals surface area contributed by atoms with Gasteiger partial charge in [0.25, 0.3) is 0 Å². The van der Waals surface area contributed by atoms with Crippen molar-refractivity contribution in [2.75, 3.05) is 10.6 Å². The maximum Gasteiger partial charge on any atom is 0.0969 e. The van der Waals surface area contributed by atoms with E-state index >= 15 is 0 Å². The second kappa shape index (κ2) is 5.78. The summed E-state index contributed by atoms with van der Waals surface area (Å²) >= 11 is 7.05. The van der Waals surface area contributed by atoms with Crippen molar-refractivity contribution in [1.29, 1.82) is 0 Å². The zero-order chi connectivity index (χ0) is 14.1. The highest BCUT2D eigenvalue weighted by atomic mass is 79.9. The van der Waals surface area contributed by atoms with Crippen LogP contribution in [0.25, 0.3) is 0 Å². The van der Waals surface area contributed by atoms with Gasteiger partial charge in [0.05, 0.1) is 6.17 Å². The highest BCUT2D eigenvalue weighted by molar-refractivity contribution is 9.10. The number of hydrogen-bond acceptors (Lipinski definition) is 2. The third kappa shape index (κ3) is 3.01. The second-order valence-electron chi connectivity index (χ2n) is 5.22. The van der Waals surface area contributed by atoms with Crippen molar-refractivity contribution in [3.8, 4) is 0 Å². The smallest absolute Gasteiger partial charge is 0.0969 e. The molecular weight excluding hydrogens is 380 g/mol. The van der Waals surface area contributed by atoms with Crippen LogP contribution < -0.4 is 10.6 Å². The lowest BCUT2D eigenvalue weighted by atomic mass is 9.91. The van der Waals surface area contributed by atoms with Gasteiger partial charge in [0.1, 0.15) is 0 Å². The SMILES string of the molecule is CC1C[C@@H](Nc2cccc(Br)c2)Nc2cc(Br)ccc21. The first kappa shape index (κ1) is 14.0. The molecule has 2 atom stereocenters. The van der Waals surface area contributed by atoms with Gasteiger partial charge in [0.15, 0.2) is 0 Å². The molecule has 1 aliphatic heterocycles. The third-order valence-corrected chi connectivity index (χ3v) is 4.62. The first-order valence-corrected chi connectivity index (χ1v) is 8.28. The fourth-order valence-electron chi connectivity index (χ4n) is 2.68. The van der Waals surface area contributed by atoms with Crippen molar-refractivity contribution >= 4 is 43.2 Å². The van der Waals surface area contributed by atoms with Crippen LogP contribution in [0.2, 0.25) is 0 Å². The molecule has 3 rings (SSSR count). The molecule has 0 radical (unpaired) electrons. The Morgan fingerprint density at radius 3 is 2.70 bits per heavy atom. The van der Waals surface area contributed by atoms with E-state index in [2.05, 4.69) is 79.7 Å². The molecule has 0 saturated carbocycles. The minimum absolute atomic E-state index is 0.251. The summed E-state index contributed by atoms with van der Waals surface area (Å²) in [4.78, 5) is 0. The zero-order valence-corrected chi connectivity index (χ0v) is 14.3. The molecular formula is C16H16Br2N2. The van der Waals surface area contributed by atoms with Gasteiger partial charge in [0.2, 0.25) is 0 Å². The average Bonchev–Trinajstić information content (AvgIpc) is 2.38. The van der Waals surface area contributed by atoms with Crippen molar-refractivity contribution in [2.24, 2.45) is 0 Å². The minimum atomic E-state index is 0.251. The van der Waals surface area contributed by atoms with E-state index in [4.69, 9.17) is 0 Å². The summed E-state index contributed by atoms with van der Waals surface area (Å²) in [5.41, 5.74) is 3.73. The van der Waals surface area contributed by atoms with E-state index in [1.54, 1.807) is 0 Å². The van der Waals surface area contributed by atoms with Crippen molar-refractivity contribution in [3.05, 3.63) is 57.0 Å². The summed E-state index contributed by atoms with van der Waals surface area (Å²) in [6, 6.07) is 14.7. The largest absolute Gasteiger partial charge is 0.365 e. The molecule has 4 heteroatoms. The van der Waals surface area contributed by atoms with Crippen LogP contribution in [0.3, 0.4) is 0 Å². The number of nitrogens with one attached hydrogen (secondary N) is 2. The maximum absolute atomic E-state index is 3.58. The van der Waals surface area contributed by atoms with Crippen LogP contribution in [-0.4, -0.2) is 6.17 Å². The highest BCUT2D eigenvalue weighted by Crippen LogP contribution is 2.35. The molecule has 0 aliphatic carbocycles. The molecule has 20 heavy (non-hydrogen) atoms. The van der Waals surface area contributed by atoms with Crippen LogP contribution in [0.1, 0.15) is 24.8 Å². The van der Waals surface area contributed by atoms with Gasteiger partial charge in [-0.05, 0) is 48.2 Å². The standard InChI is InChI=1S/C16H16Br2N2/c1-10-7-16(19-13-4-2-3-11(17)8-13)20-15-9-12(18)5-6-14(10)15/h2-6,8-10,16,19-20H,7H2,1H3/t10?,16-/m0/s1. The van der Waals surface area contributed by atoms with E-state index in [1.165, 1.54) is 11.3 Å². The Bertz CT molecular complexity index is 628. The lowest BCUT2D eigenvalue weighted by Gasteiger charge is -2.32. The van der Waals surface area contributed by atoms with Crippen LogP contribution in [-0.2, 0) is 0 Å². The maximum atomic E-state index is 3.58. The summed E-state index contributed by atoms with van der Waals surface area (Å²) < 4.78 is 2.20. The molecule has 2 aromatic carbocycles. The molecule has 0 fully saturated rings. The van der Waals surface area contributed by atoms with Crippen LogP contribution >= 0.6 is 31.9 Å². The predicted molar refractivity (Wildman–Crippen MR) is 92.3 cm³/mol. The Balaban J connectivity index is 1.80. The molecule has 0 bridgehead atoms. The zero-order valence-electron chi connectivity index (χ0n) is 11.2. The van der Waals surface area contributed by atoms with Crippen LogP contribution in [0.5, 0.6) is 0 Å². The van der Waals surface area contributed by atoms with E-state index in [0.29, 0.717) is 5.92 Å². The van der Waals surface area contributed by atoms with Crippen molar-refractivity contribution in [3.63, 3.8) is 0 Å². The van der Waals surface area contributed by atoms with Crippen LogP contribution in [0.15, 0.2) is 51.4 Å². The van der Waals surface area contributed by atoms with Gasteiger partial charge in [-0.25, -0.2) is 0 Å². The molecule has 0 spiro atoms. The summed E-state index contributed by atoms with van der Waals surface area (Å²) in [7, 11) is 0. The van der Waals surface area contributed by atoms with Gasteiger partial charge in [-0.3, -0.25) is 0 Å². The Hall–Kier alpha value is -1.00. The van der Waals surface area contributed by atoms with Gasteiger partial charge in [-0.2, -0.15) is 0 Å². The number of halogens is 2. The Morgan fingerprint density at radius 2 is 1.90 bits per heavy atom. The second-order valence-corrected chi connectivity index (χ2v) is 7.05. The number of anilines is 2. The normalized spacial score (nSPS) is 20.9. The van der Waals surface area contributed by atoms with Crippen molar-refractivity contribution < 1.29 is 0 Å². The van der Waals surface area contributed by atoms with E-state index in [-0.39, 0.29) is 6.17 Å². The molecule has 0 amide bonds.